The SMILES string of the molecule is CN(C)CCCNCc1cccc(Br)c1F. The zero-order valence-electron chi connectivity index (χ0n) is 9.76. The average molecular weight is 289 g/mol. The van der Waals surface area contributed by atoms with Crippen molar-refractivity contribution in [3.05, 3.63) is 34.1 Å². The third-order valence-corrected chi connectivity index (χ3v) is 2.92. The monoisotopic (exact) mass is 288 g/mol. The van der Waals surface area contributed by atoms with Gasteiger partial charge in [0.15, 0.2) is 0 Å². The van der Waals surface area contributed by atoms with Gasteiger partial charge in [0.1, 0.15) is 5.82 Å². The molecular weight excluding hydrogens is 271 g/mol. The van der Waals surface area contributed by atoms with Crippen LogP contribution in [0.15, 0.2) is 22.7 Å². The molecule has 1 rings (SSSR count). The number of benzene rings is 1. The van der Waals surface area contributed by atoms with E-state index in [9.17, 15) is 4.39 Å². The van der Waals surface area contributed by atoms with E-state index in [1.165, 1.54) is 0 Å². The van der Waals surface area contributed by atoms with Crippen LogP contribution in [0.5, 0.6) is 0 Å². The zero-order valence-corrected chi connectivity index (χ0v) is 11.3. The van der Waals surface area contributed by atoms with Crippen LogP contribution in [0.2, 0.25) is 0 Å². The van der Waals surface area contributed by atoms with Gasteiger partial charge in [-0.15, -0.1) is 0 Å². The van der Waals surface area contributed by atoms with Crippen LogP contribution in [0.4, 0.5) is 4.39 Å². The predicted molar refractivity (Wildman–Crippen MR) is 69.0 cm³/mol. The summed E-state index contributed by atoms with van der Waals surface area (Å²) in [5, 5.41) is 3.24. The first-order valence-electron chi connectivity index (χ1n) is 5.39. The van der Waals surface area contributed by atoms with Gasteiger partial charge in [0.2, 0.25) is 0 Å². The van der Waals surface area contributed by atoms with Crippen molar-refractivity contribution in [1.82, 2.24) is 10.2 Å². The molecule has 1 aromatic carbocycles. The lowest BCUT2D eigenvalue weighted by molar-refractivity contribution is 0.394. The molecule has 0 amide bonds. The predicted octanol–water partition coefficient (Wildman–Crippen LogP) is 2.63. The minimum atomic E-state index is -0.164. The van der Waals surface area contributed by atoms with Gasteiger partial charge in [0, 0.05) is 12.1 Å². The van der Waals surface area contributed by atoms with E-state index in [0.717, 1.165) is 19.5 Å². The molecule has 0 unspecified atom stereocenters. The van der Waals surface area contributed by atoms with Crippen molar-refractivity contribution in [1.29, 1.82) is 0 Å². The molecule has 0 bridgehead atoms. The van der Waals surface area contributed by atoms with E-state index in [-0.39, 0.29) is 5.82 Å². The number of rotatable bonds is 6. The van der Waals surface area contributed by atoms with Crippen molar-refractivity contribution in [2.24, 2.45) is 0 Å². The molecule has 16 heavy (non-hydrogen) atoms. The Morgan fingerprint density at radius 2 is 2.12 bits per heavy atom. The molecule has 4 heteroatoms. The highest BCUT2D eigenvalue weighted by atomic mass is 79.9. The lowest BCUT2D eigenvalue weighted by atomic mass is 10.2. The van der Waals surface area contributed by atoms with Gasteiger partial charge in [-0.05, 0) is 55.6 Å². The highest BCUT2D eigenvalue weighted by Gasteiger charge is 2.04. The molecule has 0 aliphatic carbocycles. The summed E-state index contributed by atoms with van der Waals surface area (Å²) in [5.41, 5.74) is 0.708. The van der Waals surface area contributed by atoms with E-state index in [0.29, 0.717) is 16.6 Å². The summed E-state index contributed by atoms with van der Waals surface area (Å²) >= 11 is 3.18. The Balaban J connectivity index is 2.29. The van der Waals surface area contributed by atoms with E-state index in [1.54, 1.807) is 12.1 Å². The van der Waals surface area contributed by atoms with Crippen molar-refractivity contribution in [2.45, 2.75) is 13.0 Å². The van der Waals surface area contributed by atoms with Gasteiger partial charge in [-0.3, -0.25) is 0 Å². The fourth-order valence-electron chi connectivity index (χ4n) is 1.43. The first-order valence-corrected chi connectivity index (χ1v) is 6.19. The normalized spacial score (nSPS) is 11.1. The Hall–Kier alpha value is -0.450. The molecule has 0 atom stereocenters. The van der Waals surface area contributed by atoms with Gasteiger partial charge >= 0.3 is 0 Å². The van der Waals surface area contributed by atoms with Crippen molar-refractivity contribution < 1.29 is 4.39 Å². The molecule has 0 spiro atoms. The first kappa shape index (κ1) is 13.6. The molecule has 0 aliphatic rings. The van der Waals surface area contributed by atoms with Crippen LogP contribution in [-0.2, 0) is 6.54 Å². The quantitative estimate of drug-likeness (QED) is 0.810. The highest BCUT2D eigenvalue weighted by Crippen LogP contribution is 2.18. The Kier molecular flexibility index (Phi) is 5.95. The highest BCUT2D eigenvalue weighted by molar-refractivity contribution is 9.10. The molecule has 1 N–H and O–H groups in total. The summed E-state index contributed by atoms with van der Waals surface area (Å²) in [6.45, 7) is 2.54. The van der Waals surface area contributed by atoms with Gasteiger partial charge in [0.25, 0.3) is 0 Å². The number of halogens is 2. The van der Waals surface area contributed by atoms with E-state index in [4.69, 9.17) is 0 Å². The Labute approximate surface area is 105 Å². The largest absolute Gasteiger partial charge is 0.313 e. The van der Waals surface area contributed by atoms with Gasteiger partial charge < -0.3 is 10.2 Å². The Morgan fingerprint density at radius 3 is 2.81 bits per heavy atom. The van der Waals surface area contributed by atoms with Gasteiger partial charge in [-0.1, -0.05) is 12.1 Å². The molecule has 0 aliphatic heterocycles. The number of nitrogens with one attached hydrogen (secondary N) is 1. The second kappa shape index (κ2) is 6.99. The Morgan fingerprint density at radius 1 is 1.38 bits per heavy atom. The fraction of sp³-hybridized carbons (Fsp3) is 0.500. The topological polar surface area (TPSA) is 15.3 Å². The summed E-state index contributed by atoms with van der Waals surface area (Å²) in [6.07, 6.45) is 1.07. The van der Waals surface area contributed by atoms with Crippen LogP contribution in [0, 0.1) is 5.82 Å². The molecule has 0 saturated carbocycles. The van der Waals surface area contributed by atoms with E-state index in [2.05, 4.69) is 26.1 Å². The third-order valence-electron chi connectivity index (χ3n) is 2.31. The molecule has 90 valence electrons. The maximum atomic E-state index is 13.5. The Bertz CT molecular complexity index is 329. The first-order chi connectivity index (χ1) is 7.61. The molecule has 0 aromatic heterocycles. The van der Waals surface area contributed by atoms with Crippen LogP contribution >= 0.6 is 15.9 Å². The average Bonchev–Trinajstić information content (AvgIpc) is 2.23. The summed E-state index contributed by atoms with van der Waals surface area (Å²) in [5.74, 6) is -0.164. The molecular formula is C12H18BrFN2. The minimum Gasteiger partial charge on any atom is -0.313 e. The zero-order chi connectivity index (χ0) is 12.0. The second-order valence-electron chi connectivity index (χ2n) is 4.05. The molecule has 2 nitrogen and oxygen atoms in total. The van der Waals surface area contributed by atoms with Crippen LogP contribution < -0.4 is 5.32 Å². The number of nitrogens with zero attached hydrogens (tertiary/aromatic N) is 1. The van der Waals surface area contributed by atoms with E-state index >= 15 is 0 Å². The molecule has 0 heterocycles. The van der Waals surface area contributed by atoms with E-state index < -0.39 is 0 Å². The smallest absolute Gasteiger partial charge is 0.141 e. The van der Waals surface area contributed by atoms with Crippen molar-refractivity contribution in [3.63, 3.8) is 0 Å². The third kappa shape index (κ3) is 4.60. The van der Waals surface area contributed by atoms with Gasteiger partial charge in [-0.25, -0.2) is 4.39 Å². The second-order valence-corrected chi connectivity index (χ2v) is 4.90. The maximum absolute atomic E-state index is 13.5. The van der Waals surface area contributed by atoms with Crippen molar-refractivity contribution in [3.8, 4) is 0 Å². The molecule has 0 saturated heterocycles. The lowest BCUT2D eigenvalue weighted by Gasteiger charge is -2.10. The summed E-state index contributed by atoms with van der Waals surface area (Å²) in [6, 6.07) is 5.37. The van der Waals surface area contributed by atoms with Crippen molar-refractivity contribution in [2.75, 3.05) is 27.2 Å². The summed E-state index contributed by atoms with van der Waals surface area (Å²) in [4.78, 5) is 2.14. The molecule has 0 radical (unpaired) electrons. The summed E-state index contributed by atoms with van der Waals surface area (Å²) < 4.78 is 14.1. The van der Waals surface area contributed by atoms with Crippen LogP contribution in [-0.4, -0.2) is 32.1 Å². The molecule has 1 aromatic rings. The fourth-order valence-corrected chi connectivity index (χ4v) is 1.84. The number of hydrogen-bond donors (Lipinski definition) is 1. The van der Waals surface area contributed by atoms with Gasteiger partial charge in [-0.2, -0.15) is 0 Å². The van der Waals surface area contributed by atoms with Crippen molar-refractivity contribution >= 4 is 15.9 Å². The number of hydrogen-bond acceptors (Lipinski definition) is 2. The lowest BCUT2D eigenvalue weighted by Crippen LogP contribution is -2.21. The maximum Gasteiger partial charge on any atom is 0.141 e. The van der Waals surface area contributed by atoms with E-state index in [1.807, 2.05) is 20.2 Å². The summed E-state index contributed by atoms with van der Waals surface area (Å²) in [7, 11) is 4.10. The van der Waals surface area contributed by atoms with Crippen LogP contribution in [0.25, 0.3) is 0 Å². The van der Waals surface area contributed by atoms with Crippen LogP contribution in [0.3, 0.4) is 0 Å². The van der Waals surface area contributed by atoms with Crippen LogP contribution in [0.1, 0.15) is 12.0 Å². The molecule has 0 fully saturated rings. The standard InChI is InChI=1S/C12H18BrFN2/c1-16(2)8-4-7-15-9-10-5-3-6-11(13)12(10)14/h3,5-6,15H,4,7-9H2,1-2H3. The minimum absolute atomic E-state index is 0.164. The van der Waals surface area contributed by atoms with Gasteiger partial charge in [0.05, 0.1) is 4.47 Å².